The molecule has 1 aliphatic rings. The number of aryl methyl sites for hydroxylation is 1. The summed E-state index contributed by atoms with van der Waals surface area (Å²) in [6.07, 6.45) is 5.25. The molecule has 180 valence electrons. The van der Waals surface area contributed by atoms with Gasteiger partial charge in [0.1, 0.15) is 24.2 Å². The summed E-state index contributed by atoms with van der Waals surface area (Å²) in [7, 11) is 0. The van der Waals surface area contributed by atoms with Gasteiger partial charge in [-0.05, 0) is 77.5 Å². The summed E-state index contributed by atoms with van der Waals surface area (Å²) in [6.45, 7) is 5.52. The van der Waals surface area contributed by atoms with Crippen molar-refractivity contribution in [3.63, 3.8) is 0 Å². The average molecular weight is 578 g/mol. The molecule has 0 N–H and O–H groups in total. The Balaban J connectivity index is 1.47. The number of rotatable bonds is 10. The summed E-state index contributed by atoms with van der Waals surface area (Å²) in [5, 5.41) is 10.0. The number of fused-ring (bicyclic) bond motifs is 1. The van der Waals surface area contributed by atoms with E-state index in [9.17, 15) is 5.26 Å². The Morgan fingerprint density at radius 2 is 1.57 bits per heavy atom. The molecule has 0 atom stereocenters. The predicted octanol–water partition coefficient (Wildman–Crippen LogP) is 8.31. The third kappa shape index (κ3) is 6.46. The first kappa shape index (κ1) is 25.3. The molecular weight excluding hydrogens is 545 g/mol. The zero-order valence-electron chi connectivity index (χ0n) is 20.5. The van der Waals surface area contributed by atoms with Crippen LogP contribution >= 0.6 is 22.6 Å². The number of benzene rings is 3. The highest BCUT2D eigenvalue weighted by molar-refractivity contribution is 14.1. The van der Waals surface area contributed by atoms with Gasteiger partial charge in [-0.25, -0.2) is 0 Å². The van der Waals surface area contributed by atoms with Gasteiger partial charge in [0.15, 0.2) is 0 Å². The number of halogens is 1. The lowest BCUT2D eigenvalue weighted by Gasteiger charge is -2.33. The van der Waals surface area contributed by atoms with Gasteiger partial charge in [0.25, 0.3) is 0 Å². The van der Waals surface area contributed by atoms with Crippen LogP contribution in [0, 0.1) is 16.7 Å². The molecule has 0 unspecified atom stereocenters. The molecule has 0 aliphatic heterocycles. The summed E-state index contributed by atoms with van der Waals surface area (Å²) in [5.41, 5.74) is 5.15. The molecule has 0 spiro atoms. The topological polar surface area (TPSA) is 42.2 Å². The molecule has 0 amide bonds. The highest BCUT2D eigenvalue weighted by Gasteiger charge is 2.34. The van der Waals surface area contributed by atoms with Crippen LogP contribution in [0.5, 0.6) is 11.5 Å². The molecular formula is C31H32INO2. The van der Waals surface area contributed by atoms with E-state index in [1.165, 1.54) is 5.56 Å². The van der Waals surface area contributed by atoms with Crippen molar-refractivity contribution in [3.05, 3.63) is 98.6 Å². The van der Waals surface area contributed by atoms with Crippen molar-refractivity contribution in [1.29, 1.82) is 5.26 Å². The number of nitriles is 1. The normalized spacial score (nSPS) is 14.2. The second kappa shape index (κ2) is 11.8. The molecule has 4 rings (SSSR count). The molecule has 0 heterocycles. The predicted molar refractivity (Wildman–Crippen MR) is 151 cm³/mol. The van der Waals surface area contributed by atoms with Crippen LogP contribution in [0.2, 0.25) is 0 Å². The molecule has 3 nitrogen and oxygen atoms in total. The Morgan fingerprint density at radius 3 is 2.26 bits per heavy atom. The van der Waals surface area contributed by atoms with Crippen molar-refractivity contribution in [2.45, 2.75) is 52.6 Å². The molecule has 1 aliphatic carbocycles. The minimum atomic E-state index is -0.0919. The maximum Gasteiger partial charge on any atom is 0.132 e. The third-order valence-electron chi connectivity index (χ3n) is 6.42. The standard InChI is InChI=1S/C31H32INO2/c1-31(2)20-25-18-26(34-17-11-5-10-14-23-12-6-3-7-13-23)19-28(29(25)27(21-33)30(31)32)35-22-24-15-8-4-9-16-24/h3-4,6-9,12-13,15-16,18-19H,5,10-11,14,17,20,22H2,1-2H3. The molecule has 0 saturated heterocycles. The second-order valence-corrected chi connectivity index (χ2v) is 10.8. The van der Waals surface area contributed by atoms with Gasteiger partial charge in [0, 0.05) is 20.6 Å². The Labute approximate surface area is 222 Å². The van der Waals surface area contributed by atoms with Crippen molar-refractivity contribution in [2.24, 2.45) is 5.41 Å². The van der Waals surface area contributed by atoms with Gasteiger partial charge in [-0.3, -0.25) is 0 Å². The quantitative estimate of drug-likeness (QED) is 0.180. The Hall–Kier alpha value is -2.78. The van der Waals surface area contributed by atoms with Gasteiger partial charge < -0.3 is 9.47 Å². The minimum Gasteiger partial charge on any atom is -0.493 e. The zero-order chi connectivity index (χ0) is 24.7. The second-order valence-electron chi connectivity index (χ2n) is 9.74. The van der Waals surface area contributed by atoms with Crippen molar-refractivity contribution < 1.29 is 9.47 Å². The first-order valence-electron chi connectivity index (χ1n) is 12.3. The first-order valence-corrected chi connectivity index (χ1v) is 13.4. The van der Waals surface area contributed by atoms with Gasteiger partial charge in [-0.15, -0.1) is 0 Å². The number of nitrogens with zero attached hydrogens (tertiary/aromatic N) is 1. The fraction of sp³-hybridized carbons (Fsp3) is 0.323. The van der Waals surface area contributed by atoms with Crippen molar-refractivity contribution in [1.82, 2.24) is 0 Å². The highest BCUT2D eigenvalue weighted by Crippen LogP contribution is 2.49. The maximum absolute atomic E-state index is 10.0. The Kier molecular flexibility index (Phi) is 8.51. The lowest BCUT2D eigenvalue weighted by molar-refractivity contribution is 0.288. The number of hydrogen-bond donors (Lipinski definition) is 0. The van der Waals surface area contributed by atoms with Crippen LogP contribution in [-0.4, -0.2) is 6.61 Å². The van der Waals surface area contributed by atoms with E-state index in [1.807, 2.05) is 24.3 Å². The first-order chi connectivity index (χ1) is 17.0. The van der Waals surface area contributed by atoms with Gasteiger partial charge in [-0.1, -0.05) is 74.5 Å². The number of hydrogen-bond acceptors (Lipinski definition) is 3. The van der Waals surface area contributed by atoms with Crippen LogP contribution in [0.1, 0.15) is 55.4 Å². The van der Waals surface area contributed by atoms with Crippen LogP contribution in [0.3, 0.4) is 0 Å². The van der Waals surface area contributed by atoms with Crippen molar-refractivity contribution in [3.8, 4) is 17.6 Å². The SMILES string of the molecule is CC1(C)Cc2cc(OCCCCCc3ccccc3)cc(OCc3ccccc3)c2C(C#N)=C1I. The molecule has 3 aromatic carbocycles. The van der Waals surface area contributed by atoms with Gasteiger partial charge in [-0.2, -0.15) is 5.26 Å². The molecule has 3 aromatic rings. The average Bonchev–Trinajstić information content (AvgIpc) is 2.86. The third-order valence-corrected chi connectivity index (χ3v) is 8.42. The molecule has 0 radical (unpaired) electrons. The fourth-order valence-electron chi connectivity index (χ4n) is 4.55. The number of ether oxygens (including phenoxy) is 2. The monoisotopic (exact) mass is 577 g/mol. The van der Waals surface area contributed by atoms with Crippen molar-refractivity contribution >= 4 is 28.2 Å². The lowest BCUT2D eigenvalue weighted by atomic mass is 9.76. The van der Waals surface area contributed by atoms with Gasteiger partial charge in [0.05, 0.1) is 12.2 Å². The van der Waals surface area contributed by atoms with E-state index >= 15 is 0 Å². The molecule has 0 bridgehead atoms. The Bertz CT molecular complexity index is 1210. The van der Waals surface area contributed by atoms with E-state index in [2.05, 4.69) is 91.0 Å². The Morgan fingerprint density at radius 1 is 0.886 bits per heavy atom. The molecule has 35 heavy (non-hydrogen) atoms. The summed E-state index contributed by atoms with van der Waals surface area (Å²) >= 11 is 2.33. The lowest BCUT2D eigenvalue weighted by Crippen LogP contribution is -2.22. The summed E-state index contributed by atoms with van der Waals surface area (Å²) < 4.78 is 13.6. The summed E-state index contributed by atoms with van der Waals surface area (Å²) in [4.78, 5) is 0. The smallest absolute Gasteiger partial charge is 0.132 e. The van der Waals surface area contributed by atoms with Crippen molar-refractivity contribution in [2.75, 3.05) is 6.61 Å². The van der Waals surface area contributed by atoms with E-state index in [4.69, 9.17) is 9.47 Å². The largest absolute Gasteiger partial charge is 0.493 e. The van der Waals surface area contributed by atoms with Crippen LogP contribution in [0.15, 0.2) is 76.4 Å². The summed E-state index contributed by atoms with van der Waals surface area (Å²) in [6, 6.07) is 27.3. The number of allylic oxidation sites excluding steroid dienone is 2. The maximum atomic E-state index is 10.0. The van der Waals surface area contributed by atoms with Crippen LogP contribution in [-0.2, 0) is 19.4 Å². The van der Waals surface area contributed by atoms with E-state index in [1.54, 1.807) is 0 Å². The van der Waals surface area contributed by atoms with Gasteiger partial charge >= 0.3 is 0 Å². The van der Waals surface area contributed by atoms with E-state index in [-0.39, 0.29) is 5.41 Å². The van der Waals surface area contributed by atoms with Crippen LogP contribution < -0.4 is 9.47 Å². The molecule has 0 fully saturated rings. The molecule has 0 aromatic heterocycles. The number of unbranched alkanes of at least 4 members (excludes halogenated alkanes) is 2. The van der Waals surface area contributed by atoms with E-state index in [0.717, 1.165) is 63.9 Å². The van der Waals surface area contributed by atoms with Gasteiger partial charge in [0.2, 0.25) is 0 Å². The van der Waals surface area contributed by atoms with E-state index in [0.29, 0.717) is 18.8 Å². The molecule has 4 heteroatoms. The van der Waals surface area contributed by atoms with Crippen LogP contribution in [0.4, 0.5) is 0 Å². The fourth-order valence-corrected chi connectivity index (χ4v) is 5.13. The molecule has 0 saturated carbocycles. The highest BCUT2D eigenvalue weighted by atomic mass is 127. The minimum absolute atomic E-state index is 0.0919. The van der Waals surface area contributed by atoms with E-state index < -0.39 is 0 Å². The van der Waals surface area contributed by atoms with Crippen LogP contribution in [0.25, 0.3) is 5.57 Å². The zero-order valence-corrected chi connectivity index (χ0v) is 22.7. The summed E-state index contributed by atoms with van der Waals surface area (Å²) in [5.74, 6) is 1.55.